The average Bonchev–Trinajstić information content (AvgIpc) is 2.99. The van der Waals surface area contributed by atoms with Crippen LogP contribution in [0.3, 0.4) is 0 Å². The Balaban J connectivity index is 2.23. The van der Waals surface area contributed by atoms with E-state index in [-0.39, 0.29) is 10.5 Å². The van der Waals surface area contributed by atoms with Gasteiger partial charge in [-0.05, 0) is 30.7 Å². The number of nitrogens with zero attached hydrogens (tertiary/aromatic N) is 1. The lowest BCUT2D eigenvalue weighted by atomic mass is 10.2. The van der Waals surface area contributed by atoms with E-state index in [0.717, 1.165) is 0 Å². The zero-order valence-corrected chi connectivity index (χ0v) is 12.1. The number of aromatic nitrogens is 2. The molecule has 0 aliphatic carbocycles. The van der Waals surface area contributed by atoms with E-state index in [4.69, 9.17) is 5.11 Å². The number of nitrogens with one attached hydrogen (secondary N) is 2. The number of hydrogen-bond donors (Lipinski definition) is 3. The molecule has 8 heteroatoms. The van der Waals surface area contributed by atoms with Crippen LogP contribution in [0.5, 0.6) is 0 Å². The van der Waals surface area contributed by atoms with Gasteiger partial charge in [0.15, 0.2) is 0 Å². The maximum atomic E-state index is 12.3. The molecule has 0 aliphatic heterocycles. The van der Waals surface area contributed by atoms with Gasteiger partial charge in [-0.15, -0.1) is 0 Å². The van der Waals surface area contributed by atoms with E-state index < -0.39 is 22.0 Å². The van der Waals surface area contributed by atoms with Crippen LogP contribution in [0.2, 0.25) is 0 Å². The first-order chi connectivity index (χ1) is 9.94. The van der Waals surface area contributed by atoms with Crippen LogP contribution in [0.25, 0.3) is 0 Å². The third kappa shape index (κ3) is 3.47. The Morgan fingerprint density at radius 1 is 1.38 bits per heavy atom. The lowest BCUT2D eigenvalue weighted by Gasteiger charge is -2.15. The quantitative estimate of drug-likeness (QED) is 0.749. The number of carboxylic acid groups (broad SMARTS) is 1. The fourth-order valence-electron chi connectivity index (χ4n) is 1.83. The number of imidazole rings is 1. The summed E-state index contributed by atoms with van der Waals surface area (Å²) in [6.07, 6.45) is 3.70. The molecule has 0 amide bonds. The zero-order valence-electron chi connectivity index (χ0n) is 11.3. The van der Waals surface area contributed by atoms with Crippen molar-refractivity contribution in [2.75, 3.05) is 0 Å². The molecule has 0 aliphatic rings. The summed E-state index contributed by atoms with van der Waals surface area (Å²) in [4.78, 5) is 17.7. The van der Waals surface area contributed by atoms with Gasteiger partial charge in [0.25, 0.3) is 0 Å². The highest BCUT2D eigenvalue weighted by atomic mass is 32.2. The van der Waals surface area contributed by atoms with E-state index in [1.165, 1.54) is 24.3 Å². The summed E-state index contributed by atoms with van der Waals surface area (Å²) < 4.78 is 27.1. The molecule has 0 saturated carbocycles. The van der Waals surface area contributed by atoms with Crippen LogP contribution in [-0.2, 0) is 10.0 Å². The average molecular weight is 309 g/mol. The molecule has 2 rings (SSSR count). The Morgan fingerprint density at radius 3 is 2.52 bits per heavy atom. The summed E-state index contributed by atoms with van der Waals surface area (Å²) in [5.41, 5.74) is 0.0343. The summed E-state index contributed by atoms with van der Waals surface area (Å²) in [6.45, 7) is 1.84. The minimum atomic E-state index is -3.74. The van der Waals surface area contributed by atoms with Crippen molar-refractivity contribution in [1.82, 2.24) is 14.7 Å². The molecular weight excluding hydrogens is 294 g/mol. The largest absolute Gasteiger partial charge is 0.478 e. The molecule has 2 aromatic rings. The first kappa shape index (κ1) is 15.2. The van der Waals surface area contributed by atoms with Gasteiger partial charge in [0.05, 0.1) is 16.5 Å². The Morgan fingerprint density at radius 2 is 2.05 bits per heavy atom. The van der Waals surface area contributed by atoms with Gasteiger partial charge in [-0.25, -0.2) is 22.9 Å². The van der Waals surface area contributed by atoms with Crippen LogP contribution in [0, 0.1) is 0 Å². The van der Waals surface area contributed by atoms with E-state index in [1.807, 2.05) is 6.92 Å². The van der Waals surface area contributed by atoms with Crippen LogP contribution in [0.15, 0.2) is 41.6 Å². The van der Waals surface area contributed by atoms with Gasteiger partial charge >= 0.3 is 5.97 Å². The fourth-order valence-corrected chi connectivity index (χ4v) is 3.12. The van der Waals surface area contributed by atoms with Gasteiger partial charge in [0.2, 0.25) is 10.0 Å². The number of sulfonamides is 1. The molecule has 1 atom stereocenters. The molecule has 1 unspecified atom stereocenters. The molecule has 1 heterocycles. The molecule has 0 saturated heterocycles. The lowest BCUT2D eigenvalue weighted by Crippen LogP contribution is -2.29. The van der Waals surface area contributed by atoms with Gasteiger partial charge in [-0.3, -0.25) is 0 Å². The highest BCUT2D eigenvalue weighted by Gasteiger charge is 2.21. The highest BCUT2D eigenvalue weighted by Crippen LogP contribution is 2.17. The number of aromatic amines is 1. The Hall–Kier alpha value is -2.19. The van der Waals surface area contributed by atoms with Crippen molar-refractivity contribution in [2.24, 2.45) is 0 Å². The Bertz CT molecular complexity index is 708. The number of rotatable bonds is 6. The summed E-state index contributed by atoms with van der Waals surface area (Å²) in [7, 11) is -3.74. The second-order valence-electron chi connectivity index (χ2n) is 4.39. The second kappa shape index (κ2) is 6.06. The SMILES string of the molecule is CCC(NS(=O)(=O)c1ccc(C(=O)O)cc1)c1ncc[nH]1. The fraction of sp³-hybridized carbons (Fsp3) is 0.231. The van der Waals surface area contributed by atoms with Crippen LogP contribution in [0.4, 0.5) is 0 Å². The maximum Gasteiger partial charge on any atom is 0.335 e. The summed E-state index contributed by atoms with van der Waals surface area (Å²) in [6, 6.07) is 4.57. The van der Waals surface area contributed by atoms with Crippen molar-refractivity contribution >= 4 is 16.0 Å². The van der Waals surface area contributed by atoms with Crippen molar-refractivity contribution in [3.63, 3.8) is 0 Å². The van der Waals surface area contributed by atoms with Gasteiger partial charge < -0.3 is 10.1 Å². The van der Waals surface area contributed by atoms with Crippen LogP contribution < -0.4 is 4.72 Å². The first-order valence-corrected chi connectivity index (χ1v) is 7.77. The minimum Gasteiger partial charge on any atom is -0.478 e. The van der Waals surface area contributed by atoms with E-state index in [2.05, 4.69) is 14.7 Å². The molecule has 7 nitrogen and oxygen atoms in total. The lowest BCUT2D eigenvalue weighted by molar-refractivity contribution is 0.0696. The summed E-state index contributed by atoms with van der Waals surface area (Å²) >= 11 is 0. The van der Waals surface area contributed by atoms with Gasteiger partial charge in [-0.2, -0.15) is 0 Å². The van der Waals surface area contributed by atoms with Crippen molar-refractivity contribution < 1.29 is 18.3 Å². The number of hydrogen-bond acceptors (Lipinski definition) is 4. The predicted molar refractivity (Wildman–Crippen MR) is 75.3 cm³/mol. The topological polar surface area (TPSA) is 112 Å². The van der Waals surface area contributed by atoms with E-state index >= 15 is 0 Å². The molecule has 0 spiro atoms. The molecule has 1 aromatic carbocycles. The number of carbonyl (C=O) groups is 1. The van der Waals surface area contributed by atoms with E-state index in [1.54, 1.807) is 12.4 Å². The monoisotopic (exact) mass is 309 g/mol. The zero-order chi connectivity index (χ0) is 15.5. The Labute approximate surface area is 122 Å². The standard InChI is InChI=1S/C13H15N3O4S/c1-2-11(12-14-7-8-15-12)16-21(19,20)10-5-3-9(4-6-10)13(17)18/h3-8,11,16H,2H2,1H3,(H,14,15)(H,17,18). The molecule has 1 aromatic heterocycles. The molecule has 3 N–H and O–H groups in total. The summed E-state index contributed by atoms with van der Waals surface area (Å²) in [5.74, 6) is -0.572. The van der Waals surface area contributed by atoms with Crippen molar-refractivity contribution in [1.29, 1.82) is 0 Å². The predicted octanol–water partition coefficient (Wildman–Crippen LogP) is 1.54. The normalized spacial score (nSPS) is 13.0. The smallest absolute Gasteiger partial charge is 0.335 e. The first-order valence-electron chi connectivity index (χ1n) is 6.29. The van der Waals surface area contributed by atoms with Crippen molar-refractivity contribution in [3.8, 4) is 0 Å². The molecule has 0 bridgehead atoms. The van der Waals surface area contributed by atoms with Crippen molar-refractivity contribution in [2.45, 2.75) is 24.3 Å². The number of carboxylic acids is 1. The van der Waals surface area contributed by atoms with Crippen LogP contribution >= 0.6 is 0 Å². The third-order valence-electron chi connectivity index (χ3n) is 2.97. The van der Waals surface area contributed by atoms with Gasteiger partial charge in [0.1, 0.15) is 5.82 Å². The summed E-state index contributed by atoms with van der Waals surface area (Å²) in [5, 5.41) is 8.81. The van der Waals surface area contributed by atoms with Gasteiger partial charge in [0, 0.05) is 12.4 Å². The highest BCUT2D eigenvalue weighted by molar-refractivity contribution is 7.89. The van der Waals surface area contributed by atoms with Gasteiger partial charge in [-0.1, -0.05) is 6.92 Å². The number of H-pyrrole nitrogens is 1. The Kier molecular flexibility index (Phi) is 4.39. The van der Waals surface area contributed by atoms with Crippen LogP contribution in [0.1, 0.15) is 35.6 Å². The van der Waals surface area contributed by atoms with E-state index in [0.29, 0.717) is 12.2 Å². The maximum absolute atomic E-state index is 12.3. The minimum absolute atomic E-state index is 0.0116. The van der Waals surface area contributed by atoms with Crippen LogP contribution in [-0.4, -0.2) is 29.5 Å². The molecule has 0 fully saturated rings. The molecule has 21 heavy (non-hydrogen) atoms. The number of benzene rings is 1. The molecule has 0 radical (unpaired) electrons. The second-order valence-corrected chi connectivity index (χ2v) is 6.10. The molecule has 112 valence electrons. The molecular formula is C13H15N3O4S. The third-order valence-corrected chi connectivity index (χ3v) is 4.45. The number of aromatic carboxylic acids is 1. The van der Waals surface area contributed by atoms with E-state index in [9.17, 15) is 13.2 Å². The van der Waals surface area contributed by atoms with Crippen molar-refractivity contribution in [3.05, 3.63) is 48.0 Å².